The number of fused-ring (bicyclic) bond motifs is 1. The first-order valence-electron chi connectivity index (χ1n) is 5.96. The zero-order valence-corrected chi connectivity index (χ0v) is 11.1. The van der Waals surface area contributed by atoms with Crippen LogP contribution >= 0.6 is 7.60 Å². The van der Waals surface area contributed by atoms with Gasteiger partial charge >= 0.3 is 13.6 Å². The Labute approximate surface area is 110 Å². The maximum absolute atomic E-state index is 10.9. The number of carboxylic acids is 1. The van der Waals surface area contributed by atoms with Crippen molar-refractivity contribution in [3.8, 4) is 0 Å². The lowest BCUT2D eigenvalue weighted by Crippen LogP contribution is -2.41. The van der Waals surface area contributed by atoms with E-state index < -0.39 is 19.6 Å². The van der Waals surface area contributed by atoms with E-state index in [4.69, 9.17) is 14.9 Å². The first-order valence-corrected chi connectivity index (χ1v) is 7.76. The van der Waals surface area contributed by atoms with Crippen molar-refractivity contribution in [3.63, 3.8) is 0 Å². The summed E-state index contributed by atoms with van der Waals surface area (Å²) in [5.74, 6) is -0.865. The molecule has 0 fully saturated rings. The average molecular weight is 285 g/mol. The summed E-state index contributed by atoms with van der Waals surface area (Å²) in [5.41, 5.74) is 2.84. The molecule has 104 valence electrons. The van der Waals surface area contributed by atoms with Gasteiger partial charge in [-0.25, -0.2) is 0 Å². The lowest BCUT2D eigenvalue weighted by atomic mass is 9.93. The van der Waals surface area contributed by atoms with Crippen LogP contribution in [0.3, 0.4) is 0 Å². The van der Waals surface area contributed by atoms with E-state index in [0.717, 1.165) is 16.7 Å². The van der Waals surface area contributed by atoms with Gasteiger partial charge in [-0.3, -0.25) is 9.36 Å². The van der Waals surface area contributed by atoms with Crippen molar-refractivity contribution in [1.82, 2.24) is 5.32 Å². The predicted molar refractivity (Wildman–Crippen MR) is 69.0 cm³/mol. The van der Waals surface area contributed by atoms with Gasteiger partial charge in [-0.15, -0.1) is 0 Å². The lowest BCUT2D eigenvalue weighted by Gasteiger charge is -2.23. The van der Waals surface area contributed by atoms with E-state index in [1.165, 1.54) is 0 Å². The molecule has 1 atom stereocenters. The van der Waals surface area contributed by atoms with Crippen LogP contribution in [0.25, 0.3) is 0 Å². The van der Waals surface area contributed by atoms with E-state index in [0.29, 0.717) is 19.4 Å². The third-order valence-electron chi connectivity index (χ3n) is 3.22. The highest BCUT2D eigenvalue weighted by atomic mass is 31.2. The molecule has 0 bridgehead atoms. The molecule has 1 aliphatic rings. The number of nitrogens with one attached hydrogen (secondary N) is 1. The molecule has 0 aliphatic carbocycles. The molecular weight excluding hydrogens is 269 g/mol. The number of aryl methyl sites for hydroxylation is 1. The zero-order chi connectivity index (χ0) is 14.0. The van der Waals surface area contributed by atoms with E-state index in [1.807, 2.05) is 12.1 Å². The SMILES string of the molecule is O=C(O)C1Cc2ccc(CCP(=O)(O)O)cc2CN1. The van der Waals surface area contributed by atoms with Gasteiger partial charge in [0.25, 0.3) is 0 Å². The van der Waals surface area contributed by atoms with Gasteiger partial charge in [-0.1, -0.05) is 18.2 Å². The van der Waals surface area contributed by atoms with Gasteiger partial charge in [0.1, 0.15) is 6.04 Å². The van der Waals surface area contributed by atoms with Crippen LogP contribution in [0.1, 0.15) is 16.7 Å². The largest absolute Gasteiger partial charge is 0.480 e. The summed E-state index contributed by atoms with van der Waals surface area (Å²) in [5, 5.41) is 11.9. The molecule has 0 amide bonds. The highest BCUT2D eigenvalue weighted by Gasteiger charge is 2.23. The minimum atomic E-state index is -3.98. The molecule has 0 radical (unpaired) electrons. The monoisotopic (exact) mass is 285 g/mol. The second-order valence-corrected chi connectivity index (χ2v) is 6.49. The maximum atomic E-state index is 10.9. The molecule has 0 aromatic heterocycles. The fourth-order valence-electron chi connectivity index (χ4n) is 2.17. The Kier molecular flexibility index (Phi) is 4.06. The average Bonchev–Trinajstić information content (AvgIpc) is 2.34. The van der Waals surface area contributed by atoms with Crippen LogP contribution in [0.15, 0.2) is 18.2 Å². The Morgan fingerprint density at radius 2 is 2.11 bits per heavy atom. The molecule has 0 spiro atoms. The molecule has 1 aliphatic heterocycles. The second-order valence-electron chi connectivity index (χ2n) is 4.72. The molecule has 1 aromatic rings. The molecule has 0 saturated carbocycles. The Morgan fingerprint density at radius 1 is 1.37 bits per heavy atom. The molecule has 2 rings (SSSR count). The number of aliphatic carboxylic acids is 1. The van der Waals surface area contributed by atoms with E-state index >= 15 is 0 Å². The van der Waals surface area contributed by atoms with E-state index in [1.54, 1.807) is 6.07 Å². The standard InChI is InChI=1S/C12H16NO5P/c14-12(15)11-6-9-2-1-8(3-4-19(16,17)18)5-10(9)7-13-11/h1-2,5,11,13H,3-4,6-7H2,(H,14,15)(H2,16,17,18). The van der Waals surface area contributed by atoms with Crippen LogP contribution in [0, 0.1) is 0 Å². The van der Waals surface area contributed by atoms with Crippen molar-refractivity contribution in [2.24, 2.45) is 0 Å². The Balaban J connectivity index is 2.09. The van der Waals surface area contributed by atoms with Gasteiger partial charge in [0.15, 0.2) is 0 Å². The maximum Gasteiger partial charge on any atom is 0.325 e. The van der Waals surface area contributed by atoms with Crippen LogP contribution in [0.2, 0.25) is 0 Å². The van der Waals surface area contributed by atoms with Crippen LogP contribution in [0.4, 0.5) is 0 Å². The van der Waals surface area contributed by atoms with Crippen molar-refractivity contribution in [2.75, 3.05) is 6.16 Å². The third-order valence-corrected chi connectivity index (χ3v) is 4.03. The molecule has 4 N–H and O–H groups in total. The fourth-order valence-corrected chi connectivity index (χ4v) is 2.72. The smallest absolute Gasteiger partial charge is 0.325 e. The van der Waals surface area contributed by atoms with E-state index in [2.05, 4.69) is 5.32 Å². The molecule has 6 nitrogen and oxygen atoms in total. The summed E-state index contributed by atoms with van der Waals surface area (Å²) >= 11 is 0. The van der Waals surface area contributed by atoms with Crippen molar-refractivity contribution in [3.05, 3.63) is 34.9 Å². The van der Waals surface area contributed by atoms with Gasteiger partial charge in [0.05, 0.1) is 6.16 Å². The van der Waals surface area contributed by atoms with Gasteiger partial charge in [0.2, 0.25) is 0 Å². The molecule has 19 heavy (non-hydrogen) atoms. The highest BCUT2D eigenvalue weighted by molar-refractivity contribution is 7.51. The van der Waals surface area contributed by atoms with Crippen LogP contribution in [0.5, 0.6) is 0 Å². The minimum Gasteiger partial charge on any atom is -0.480 e. The number of carbonyl (C=O) groups is 1. The number of benzene rings is 1. The summed E-state index contributed by atoms with van der Waals surface area (Å²) < 4.78 is 10.8. The number of carboxylic acid groups (broad SMARTS) is 1. The third kappa shape index (κ3) is 3.88. The highest BCUT2D eigenvalue weighted by Crippen LogP contribution is 2.35. The van der Waals surface area contributed by atoms with Crippen molar-refractivity contribution >= 4 is 13.6 Å². The van der Waals surface area contributed by atoms with Crippen LogP contribution in [-0.4, -0.2) is 33.1 Å². The number of hydrogen-bond acceptors (Lipinski definition) is 3. The molecule has 1 heterocycles. The first-order chi connectivity index (χ1) is 8.85. The fraction of sp³-hybridized carbons (Fsp3) is 0.417. The molecular formula is C12H16NO5P. The van der Waals surface area contributed by atoms with Crippen LogP contribution < -0.4 is 5.32 Å². The predicted octanol–water partition coefficient (Wildman–Crippen LogP) is 0.506. The Morgan fingerprint density at radius 3 is 2.74 bits per heavy atom. The summed E-state index contributed by atoms with van der Waals surface area (Å²) in [6.07, 6.45) is 0.584. The van der Waals surface area contributed by atoms with Gasteiger partial charge in [-0.2, -0.15) is 0 Å². The quantitative estimate of drug-likeness (QED) is 0.600. The van der Waals surface area contributed by atoms with Crippen molar-refractivity contribution in [1.29, 1.82) is 0 Å². The van der Waals surface area contributed by atoms with Gasteiger partial charge in [0, 0.05) is 6.54 Å². The number of rotatable bonds is 4. The first kappa shape index (κ1) is 14.2. The molecule has 7 heteroatoms. The number of hydrogen-bond donors (Lipinski definition) is 4. The summed E-state index contributed by atoms with van der Waals surface area (Å²) in [6, 6.07) is 4.98. The topological polar surface area (TPSA) is 107 Å². The van der Waals surface area contributed by atoms with Crippen LogP contribution in [-0.2, 0) is 28.7 Å². The molecule has 1 aromatic carbocycles. The lowest BCUT2D eigenvalue weighted by molar-refractivity contribution is -0.139. The minimum absolute atomic E-state index is 0.170. The summed E-state index contributed by atoms with van der Waals surface area (Å²) in [6.45, 7) is 0.468. The van der Waals surface area contributed by atoms with E-state index in [9.17, 15) is 9.36 Å². The molecule has 0 saturated heterocycles. The summed E-state index contributed by atoms with van der Waals surface area (Å²) in [4.78, 5) is 28.6. The van der Waals surface area contributed by atoms with E-state index in [-0.39, 0.29) is 6.16 Å². The Bertz CT molecular complexity index is 539. The Hall–Kier alpha value is -1.20. The normalized spacial score (nSPS) is 18.9. The van der Waals surface area contributed by atoms with Gasteiger partial charge < -0.3 is 20.2 Å². The molecule has 1 unspecified atom stereocenters. The summed E-state index contributed by atoms with van der Waals surface area (Å²) in [7, 11) is -3.98. The second kappa shape index (κ2) is 5.43. The van der Waals surface area contributed by atoms with Crippen molar-refractivity contribution < 1.29 is 24.3 Å². The van der Waals surface area contributed by atoms with Gasteiger partial charge in [-0.05, 0) is 29.5 Å². The zero-order valence-electron chi connectivity index (χ0n) is 10.2. The van der Waals surface area contributed by atoms with Crippen molar-refractivity contribution in [2.45, 2.75) is 25.4 Å².